The molecule has 0 aliphatic heterocycles. The normalized spacial score (nSPS) is 12.0. The molecule has 0 aliphatic rings. The van der Waals surface area contributed by atoms with E-state index in [1.165, 1.54) is 25.3 Å². The summed E-state index contributed by atoms with van der Waals surface area (Å²) < 4.78 is 0. The van der Waals surface area contributed by atoms with E-state index in [2.05, 4.69) is 10.3 Å². The Balaban J connectivity index is 2.52. The first-order valence-electron chi connectivity index (χ1n) is 6.05. The first-order valence-corrected chi connectivity index (χ1v) is 6.80. The number of nitrogens with two attached hydrogens (primary N) is 1. The zero-order valence-corrected chi connectivity index (χ0v) is 12.6. The van der Waals surface area contributed by atoms with Crippen molar-refractivity contribution < 1.29 is 9.90 Å². The smallest absolute Gasteiger partial charge is 0.217 e. The third-order valence-corrected chi connectivity index (χ3v) is 3.59. The number of hydrogen-bond acceptors (Lipinski definition) is 4. The Labute approximate surface area is 131 Å². The molecule has 0 radical (unpaired) electrons. The third-order valence-electron chi connectivity index (χ3n) is 2.87. The number of rotatable bonds is 3. The Kier molecular flexibility index (Phi) is 4.55. The molecular weight excluding hydrogens is 313 g/mol. The fraction of sp³-hybridized carbons (Fsp3) is 0.143. The number of pyridine rings is 1. The van der Waals surface area contributed by atoms with Crippen LogP contribution in [0.25, 0.3) is 0 Å². The number of nitrogens with zero attached hydrogens (tertiary/aromatic N) is 1. The van der Waals surface area contributed by atoms with Gasteiger partial charge in [-0.1, -0.05) is 29.3 Å². The Morgan fingerprint density at radius 3 is 2.57 bits per heavy atom. The number of phenolic OH excluding ortho intramolecular Hbond substituents is 1. The predicted octanol–water partition coefficient (Wildman–Crippen LogP) is 2.90. The average molecular weight is 326 g/mol. The van der Waals surface area contributed by atoms with E-state index in [9.17, 15) is 9.90 Å². The summed E-state index contributed by atoms with van der Waals surface area (Å²) in [7, 11) is 0. The SMILES string of the molecule is CC(=O)NC(c1ccc(N)nc1)c1cc(Cl)c(Cl)cc1O. The Morgan fingerprint density at radius 2 is 2.00 bits per heavy atom. The second kappa shape index (κ2) is 6.20. The maximum absolute atomic E-state index is 11.4. The second-order valence-corrected chi connectivity index (χ2v) is 5.29. The summed E-state index contributed by atoms with van der Waals surface area (Å²) in [5.41, 5.74) is 6.64. The van der Waals surface area contributed by atoms with Crippen molar-refractivity contribution in [1.82, 2.24) is 10.3 Å². The molecule has 2 aromatic rings. The maximum Gasteiger partial charge on any atom is 0.217 e. The van der Waals surface area contributed by atoms with Gasteiger partial charge < -0.3 is 16.2 Å². The van der Waals surface area contributed by atoms with E-state index in [1.807, 2.05) is 0 Å². The number of amides is 1. The second-order valence-electron chi connectivity index (χ2n) is 4.48. The molecule has 2 rings (SSSR count). The summed E-state index contributed by atoms with van der Waals surface area (Å²) in [5, 5.41) is 13.3. The summed E-state index contributed by atoms with van der Waals surface area (Å²) in [4.78, 5) is 15.4. The van der Waals surface area contributed by atoms with Gasteiger partial charge in [0.15, 0.2) is 0 Å². The summed E-state index contributed by atoms with van der Waals surface area (Å²) in [6.07, 6.45) is 1.53. The van der Waals surface area contributed by atoms with E-state index in [4.69, 9.17) is 28.9 Å². The number of carbonyl (C=O) groups excluding carboxylic acids is 1. The highest BCUT2D eigenvalue weighted by Crippen LogP contribution is 2.35. The van der Waals surface area contributed by atoms with Gasteiger partial charge in [-0.25, -0.2) is 4.98 Å². The van der Waals surface area contributed by atoms with Crippen LogP contribution in [0.5, 0.6) is 5.75 Å². The molecule has 5 nitrogen and oxygen atoms in total. The molecule has 110 valence electrons. The number of aromatic hydroxyl groups is 1. The van der Waals surface area contributed by atoms with Gasteiger partial charge in [0.1, 0.15) is 11.6 Å². The lowest BCUT2D eigenvalue weighted by atomic mass is 9.99. The highest BCUT2D eigenvalue weighted by Gasteiger charge is 2.20. The number of nitrogen functional groups attached to an aromatic ring is 1. The van der Waals surface area contributed by atoms with Crippen LogP contribution in [0.2, 0.25) is 10.0 Å². The highest BCUT2D eigenvalue weighted by molar-refractivity contribution is 6.42. The van der Waals surface area contributed by atoms with Crippen molar-refractivity contribution in [2.75, 3.05) is 5.73 Å². The molecule has 1 unspecified atom stereocenters. The van der Waals surface area contributed by atoms with Crippen molar-refractivity contribution in [1.29, 1.82) is 0 Å². The van der Waals surface area contributed by atoms with Crippen LogP contribution in [0, 0.1) is 0 Å². The van der Waals surface area contributed by atoms with E-state index in [-0.39, 0.29) is 21.7 Å². The fourth-order valence-corrected chi connectivity index (χ4v) is 2.24. The van der Waals surface area contributed by atoms with Crippen molar-refractivity contribution in [3.8, 4) is 5.75 Å². The van der Waals surface area contributed by atoms with Gasteiger partial charge in [-0.2, -0.15) is 0 Å². The van der Waals surface area contributed by atoms with E-state index in [0.717, 1.165) is 0 Å². The largest absolute Gasteiger partial charge is 0.508 e. The van der Waals surface area contributed by atoms with Crippen LogP contribution in [-0.4, -0.2) is 16.0 Å². The zero-order chi connectivity index (χ0) is 15.6. The number of aromatic nitrogens is 1. The lowest BCUT2D eigenvalue weighted by Crippen LogP contribution is -2.27. The van der Waals surface area contributed by atoms with Crippen LogP contribution >= 0.6 is 23.2 Å². The van der Waals surface area contributed by atoms with Crippen LogP contribution in [0.1, 0.15) is 24.1 Å². The van der Waals surface area contributed by atoms with Gasteiger partial charge >= 0.3 is 0 Å². The number of phenols is 1. The van der Waals surface area contributed by atoms with Crippen molar-refractivity contribution in [3.63, 3.8) is 0 Å². The van der Waals surface area contributed by atoms with Crippen LogP contribution in [-0.2, 0) is 4.79 Å². The molecule has 1 aromatic carbocycles. The van der Waals surface area contributed by atoms with Crippen molar-refractivity contribution in [2.45, 2.75) is 13.0 Å². The van der Waals surface area contributed by atoms with Gasteiger partial charge in [-0.3, -0.25) is 4.79 Å². The molecular formula is C14H13Cl2N3O2. The standard InChI is InChI=1S/C14H13Cl2N3O2/c1-7(20)19-14(8-2-3-13(17)18-6-8)9-4-10(15)11(16)5-12(9)21/h2-6,14,21H,1H3,(H2,17,18)(H,19,20). The molecule has 21 heavy (non-hydrogen) atoms. The van der Waals surface area contributed by atoms with Crippen LogP contribution in [0.3, 0.4) is 0 Å². The molecule has 0 spiro atoms. The predicted molar refractivity (Wildman–Crippen MR) is 82.4 cm³/mol. The third kappa shape index (κ3) is 3.56. The van der Waals surface area contributed by atoms with Crippen molar-refractivity contribution >= 4 is 34.9 Å². The van der Waals surface area contributed by atoms with Gasteiger partial charge in [-0.15, -0.1) is 0 Å². The van der Waals surface area contributed by atoms with Crippen molar-refractivity contribution in [2.24, 2.45) is 0 Å². The number of hydrogen-bond donors (Lipinski definition) is 3. The van der Waals surface area contributed by atoms with E-state index in [0.29, 0.717) is 16.9 Å². The average Bonchev–Trinajstić information content (AvgIpc) is 2.41. The fourth-order valence-electron chi connectivity index (χ4n) is 1.91. The minimum atomic E-state index is -0.606. The molecule has 1 atom stereocenters. The number of carbonyl (C=O) groups is 1. The maximum atomic E-state index is 11.4. The zero-order valence-electron chi connectivity index (χ0n) is 11.1. The minimum absolute atomic E-state index is 0.0695. The van der Waals surface area contributed by atoms with Gasteiger partial charge in [0.25, 0.3) is 0 Å². The minimum Gasteiger partial charge on any atom is -0.508 e. The summed E-state index contributed by atoms with van der Waals surface area (Å²) >= 11 is 11.8. The molecule has 1 aromatic heterocycles. The molecule has 0 fully saturated rings. The molecule has 1 amide bonds. The lowest BCUT2D eigenvalue weighted by molar-refractivity contribution is -0.119. The van der Waals surface area contributed by atoms with Gasteiger partial charge in [0.2, 0.25) is 5.91 Å². The van der Waals surface area contributed by atoms with Crippen LogP contribution in [0.4, 0.5) is 5.82 Å². The molecule has 0 saturated heterocycles. The van der Waals surface area contributed by atoms with Crippen LogP contribution < -0.4 is 11.1 Å². The molecule has 4 N–H and O–H groups in total. The molecule has 7 heteroatoms. The van der Waals surface area contributed by atoms with Crippen molar-refractivity contribution in [3.05, 3.63) is 51.6 Å². The van der Waals surface area contributed by atoms with Gasteiger partial charge in [0, 0.05) is 24.8 Å². The molecule has 0 bridgehead atoms. The lowest BCUT2D eigenvalue weighted by Gasteiger charge is -2.20. The number of benzene rings is 1. The highest BCUT2D eigenvalue weighted by atomic mass is 35.5. The summed E-state index contributed by atoms with van der Waals surface area (Å²) in [6.45, 7) is 1.38. The van der Waals surface area contributed by atoms with E-state index >= 15 is 0 Å². The quantitative estimate of drug-likeness (QED) is 0.809. The monoisotopic (exact) mass is 325 g/mol. The first-order chi connectivity index (χ1) is 9.88. The Morgan fingerprint density at radius 1 is 1.33 bits per heavy atom. The number of anilines is 1. The van der Waals surface area contributed by atoms with E-state index < -0.39 is 6.04 Å². The van der Waals surface area contributed by atoms with Gasteiger partial charge in [-0.05, 0) is 17.7 Å². The summed E-state index contributed by atoms with van der Waals surface area (Å²) in [6, 6.07) is 5.56. The molecule has 0 aliphatic carbocycles. The van der Waals surface area contributed by atoms with Gasteiger partial charge in [0.05, 0.1) is 16.1 Å². The number of nitrogens with one attached hydrogen (secondary N) is 1. The topological polar surface area (TPSA) is 88.2 Å². The van der Waals surface area contributed by atoms with Crippen LogP contribution in [0.15, 0.2) is 30.5 Å². The Bertz CT molecular complexity index is 675. The van der Waals surface area contributed by atoms with E-state index in [1.54, 1.807) is 12.1 Å². The number of halogens is 2. The first kappa shape index (κ1) is 15.4. The summed E-state index contributed by atoms with van der Waals surface area (Å²) in [5.74, 6) is 0.0287. The molecule has 1 heterocycles. The molecule has 0 saturated carbocycles. The Hall–Kier alpha value is -1.98.